The van der Waals surface area contributed by atoms with Crippen LogP contribution in [0.1, 0.15) is 26.7 Å². The van der Waals surface area contributed by atoms with Crippen LogP contribution in [0.2, 0.25) is 0 Å². The highest BCUT2D eigenvalue weighted by Crippen LogP contribution is 2.65. The molecular formula is C8H15P. The van der Waals surface area contributed by atoms with Crippen molar-refractivity contribution in [1.29, 1.82) is 0 Å². The van der Waals surface area contributed by atoms with E-state index in [0.29, 0.717) is 7.92 Å². The van der Waals surface area contributed by atoms with Crippen LogP contribution < -0.4 is 0 Å². The lowest BCUT2D eigenvalue weighted by molar-refractivity contribution is 0.485. The smallest absolute Gasteiger partial charge is 0.0148 e. The van der Waals surface area contributed by atoms with Crippen LogP contribution in [0.4, 0.5) is 0 Å². The van der Waals surface area contributed by atoms with E-state index < -0.39 is 0 Å². The van der Waals surface area contributed by atoms with Crippen molar-refractivity contribution >= 4 is 7.92 Å². The monoisotopic (exact) mass is 142 g/mol. The highest BCUT2D eigenvalue weighted by atomic mass is 31.1. The van der Waals surface area contributed by atoms with Crippen LogP contribution in [0.3, 0.4) is 0 Å². The Morgan fingerprint density at radius 1 is 1.44 bits per heavy atom. The summed E-state index contributed by atoms with van der Waals surface area (Å²) >= 11 is 0. The molecule has 0 aliphatic carbocycles. The number of hydrogen-bond acceptors (Lipinski definition) is 0. The molecule has 2 bridgehead atoms. The van der Waals surface area contributed by atoms with Crippen molar-refractivity contribution in [2.45, 2.75) is 31.8 Å². The van der Waals surface area contributed by atoms with Gasteiger partial charge >= 0.3 is 0 Å². The molecule has 0 aromatic carbocycles. The molecule has 2 fully saturated rings. The fourth-order valence-corrected chi connectivity index (χ4v) is 5.79. The minimum atomic E-state index is 0.488. The van der Waals surface area contributed by atoms with Crippen molar-refractivity contribution < 1.29 is 0 Å². The van der Waals surface area contributed by atoms with E-state index in [0.717, 1.165) is 11.1 Å². The van der Waals surface area contributed by atoms with Gasteiger partial charge in [0.2, 0.25) is 0 Å². The first-order valence-electron chi connectivity index (χ1n) is 3.93. The highest BCUT2D eigenvalue weighted by molar-refractivity contribution is 7.60. The molecule has 9 heavy (non-hydrogen) atoms. The van der Waals surface area contributed by atoms with Gasteiger partial charge in [0.25, 0.3) is 0 Å². The molecule has 2 atom stereocenters. The minimum Gasteiger partial charge on any atom is -0.101 e. The van der Waals surface area contributed by atoms with Crippen molar-refractivity contribution in [3.8, 4) is 0 Å². The van der Waals surface area contributed by atoms with Gasteiger partial charge in [0, 0.05) is 0 Å². The van der Waals surface area contributed by atoms with Crippen LogP contribution in [0.5, 0.6) is 0 Å². The molecule has 0 radical (unpaired) electrons. The Labute approximate surface area is 58.8 Å². The van der Waals surface area contributed by atoms with Crippen molar-refractivity contribution in [2.24, 2.45) is 5.92 Å². The molecule has 2 aliphatic heterocycles. The highest BCUT2D eigenvalue weighted by Gasteiger charge is 2.44. The molecule has 2 aliphatic rings. The lowest BCUT2D eigenvalue weighted by Crippen LogP contribution is -2.17. The maximum absolute atomic E-state index is 2.47. The van der Waals surface area contributed by atoms with Gasteiger partial charge in [0.1, 0.15) is 0 Å². The van der Waals surface area contributed by atoms with Crippen LogP contribution >= 0.6 is 7.92 Å². The fourth-order valence-electron chi connectivity index (χ4n) is 2.38. The molecule has 2 heterocycles. The molecule has 0 N–H and O–H groups in total. The number of hydrogen-bond donors (Lipinski definition) is 0. The summed E-state index contributed by atoms with van der Waals surface area (Å²) in [5.74, 6) is 1.14. The molecule has 0 amide bonds. The zero-order chi connectivity index (χ0) is 6.48. The Morgan fingerprint density at radius 3 is 2.44 bits per heavy atom. The molecular weight excluding hydrogens is 127 g/mol. The van der Waals surface area contributed by atoms with Gasteiger partial charge in [0.15, 0.2) is 0 Å². The first kappa shape index (κ1) is 6.16. The average Bonchev–Trinajstić information content (AvgIpc) is 2.19. The summed E-state index contributed by atoms with van der Waals surface area (Å²) in [7, 11) is 0.488. The van der Waals surface area contributed by atoms with Gasteiger partial charge in [-0.3, -0.25) is 0 Å². The predicted molar refractivity (Wildman–Crippen MR) is 43.5 cm³/mol. The van der Waals surface area contributed by atoms with Gasteiger partial charge in [-0.05, 0) is 36.2 Å². The molecule has 2 saturated heterocycles. The summed E-state index contributed by atoms with van der Waals surface area (Å²) < 4.78 is 0. The summed E-state index contributed by atoms with van der Waals surface area (Å²) in [4.78, 5) is 0. The van der Waals surface area contributed by atoms with Gasteiger partial charge in [-0.1, -0.05) is 13.8 Å². The van der Waals surface area contributed by atoms with Gasteiger partial charge in [0.05, 0.1) is 0 Å². The molecule has 0 aromatic heterocycles. The quantitative estimate of drug-likeness (QED) is 0.456. The molecule has 1 heteroatoms. The first-order chi connectivity index (χ1) is 4.18. The van der Waals surface area contributed by atoms with Gasteiger partial charge in [-0.25, -0.2) is 0 Å². The van der Waals surface area contributed by atoms with E-state index >= 15 is 0 Å². The normalized spacial score (nSPS) is 46.0. The number of fused-ring (bicyclic) bond motifs is 2. The summed E-state index contributed by atoms with van der Waals surface area (Å²) in [5.41, 5.74) is 0. The molecule has 2 rings (SSSR count). The Kier molecular flexibility index (Phi) is 1.18. The SMILES string of the molecule is CC1(C)CC2CCP1C2. The van der Waals surface area contributed by atoms with Gasteiger partial charge < -0.3 is 0 Å². The zero-order valence-corrected chi connectivity index (χ0v) is 7.25. The van der Waals surface area contributed by atoms with Crippen LogP contribution in [0.15, 0.2) is 0 Å². The summed E-state index contributed by atoms with van der Waals surface area (Å²) in [6.45, 7) is 4.94. The second-order valence-electron chi connectivity index (χ2n) is 4.12. The van der Waals surface area contributed by atoms with E-state index in [9.17, 15) is 0 Å². The van der Waals surface area contributed by atoms with Crippen LogP contribution in [-0.4, -0.2) is 17.5 Å². The third-order valence-electron chi connectivity index (χ3n) is 2.93. The average molecular weight is 142 g/mol. The topological polar surface area (TPSA) is 0 Å². The largest absolute Gasteiger partial charge is 0.101 e. The second-order valence-corrected chi connectivity index (χ2v) is 7.22. The third kappa shape index (κ3) is 0.835. The Morgan fingerprint density at radius 2 is 2.22 bits per heavy atom. The second kappa shape index (κ2) is 1.72. The number of rotatable bonds is 0. The maximum Gasteiger partial charge on any atom is -0.0148 e. The maximum atomic E-state index is 2.47. The summed E-state index contributed by atoms with van der Waals surface area (Å²) in [5, 5.41) is 0.776. The summed E-state index contributed by atoms with van der Waals surface area (Å²) in [6, 6.07) is 0. The molecule has 52 valence electrons. The molecule has 2 unspecified atom stereocenters. The van der Waals surface area contributed by atoms with Gasteiger partial charge in [-0.15, -0.1) is 7.92 Å². The van der Waals surface area contributed by atoms with Crippen LogP contribution in [0, 0.1) is 5.92 Å². The predicted octanol–water partition coefficient (Wildman–Crippen LogP) is 2.67. The van der Waals surface area contributed by atoms with Gasteiger partial charge in [-0.2, -0.15) is 0 Å². The van der Waals surface area contributed by atoms with Crippen molar-refractivity contribution in [3.63, 3.8) is 0 Å². The Balaban J connectivity index is 2.18. The minimum absolute atomic E-state index is 0.488. The van der Waals surface area contributed by atoms with E-state index in [1.807, 2.05) is 0 Å². The first-order valence-corrected chi connectivity index (χ1v) is 5.65. The lowest BCUT2D eigenvalue weighted by Gasteiger charge is -2.29. The van der Waals surface area contributed by atoms with Crippen molar-refractivity contribution in [3.05, 3.63) is 0 Å². The van der Waals surface area contributed by atoms with E-state index in [1.54, 1.807) is 25.2 Å². The third-order valence-corrected chi connectivity index (χ3v) is 6.58. The lowest BCUT2D eigenvalue weighted by atomic mass is 9.96. The standard InChI is InChI=1S/C8H15P/c1-8(2)5-7-3-4-9(8)6-7/h7H,3-6H2,1-2H3. The van der Waals surface area contributed by atoms with Crippen molar-refractivity contribution in [2.75, 3.05) is 12.3 Å². The van der Waals surface area contributed by atoms with Crippen LogP contribution in [0.25, 0.3) is 0 Å². The van der Waals surface area contributed by atoms with E-state index in [-0.39, 0.29) is 0 Å². The van der Waals surface area contributed by atoms with E-state index in [2.05, 4.69) is 13.8 Å². The summed E-state index contributed by atoms with van der Waals surface area (Å²) in [6.07, 6.45) is 6.31. The zero-order valence-electron chi connectivity index (χ0n) is 6.35. The van der Waals surface area contributed by atoms with Crippen LogP contribution in [-0.2, 0) is 0 Å². The molecule has 0 saturated carbocycles. The molecule has 0 spiro atoms. The Bertz CT molecular complexity index is 129. The Hall–Kier alpha value is 0.430. The fraction of sp³-hybridized carbons (Fsp3) is 1.00. The van der Waals surface area contributed by atoms with Crippen molar-refractivity contribution in [1.82, 2.24) is 0 Å². The molecule has 0 nitrogen and oxygen atoms in total. The molecule has 0 aromatic rings. The van der Waals surface area contributed by atoms with E-state index in [4.69, 9.17) is 0 Å². The van der Waals surface area contributed by atoms with E-state index in [1.165, 1.54) is 0 Å².